The highest BCUT2D eigenvalue weighted by molar-refractivity contribution is 5.76. The van der Waals surface area contributed by atoms with Crippen LogP contribution in [0, 0.1) is 0 Å². The minimum absolute atomic E-state index is 0.0359. The molecule has 0 atom stereocenters. The van der Waals surface area contributed by atoms with Crippen LogP contribution in [-0.2, 0) is 23.9 Å². The Morgan fingerprint density at radius 2 is 1.03 bits per heavy atom. The summed E-state index contributed by atoms with van der Waals surface area (Å²) in [6, 6.07) is 0. The molecule has 216 valence electrons. The van der Waals surface area contributed by atoms with E-state index >= 15 is 0 Å². The van der Waals surface area contributed by atoms with Crippen molar-refractivity contribution in [1.82, 2.24) is 4.90 Å². The molecule has 0 N–H and O–H groups in total. The van der Waals surface area contributed by atoms with E-state index in [-0.39, 0.29) is 31.1 Å². The number of amides is 1. The maximum atomic E-state index is 12.8. The van der Waals surface area contributed by atoms with Gasteiger partial charge in [-0.3, -0.25) is 14.4 Å². The molecule has 0 bridgehead atoms. The van der Waals surface area contributed by atoms with E-state index in [9.17, 15) is 14.4 Å². The number of hydrogen-bond acceptors (Lipinski definition) is 5. The maximum Gasteiger partial charge on any atom is 0.305 e. The van der Waals surface area contributed by atoms with E-state index < -0.39 is 0 Å². The normalized spacial score (nSPS) is 11.1. The quantitative estimate of drug-likeness (QED) is 0.0654. The van der Waals surface area contributed by atoms with Gasteiger partial charge in [-0.1, -0.05) is 90.7 Å². The molecule has 0 fully saturated rings. The van der Waals surface area contributed by atoms with Crippen molar-refractivity contribution in [3.05, 3.63) is 12.2 Å². The molecule has 0 rings (SSSR count). The fourth-order valence-corrected chi connectivity index (χ4v) is 4.08. The lowest BCUT2D eigenvalue weighted by atomic mass is 10.1. The first-order chi connectivity index (χ1) is 18.0. The van der Waals surface area contributed by atoms with Crippen LogP contribution in [0.3, 0.4) is 0 Å². The molecule has 37 heavy (non-hydrogen) atoms. The van der Waals surface area contributed by atoms with Crippen molar-refractivity contribution < 1.29 is 23.9 Å². The van der Waals surface area contributed by atoms with Crippen molar-refractivity contribution >= 4 is 17.8 Å². The Balaban J connectivity index is 4.05. The third-order valence-corrected chi connectivity index (χ3v) is 6.44. The highest BCUT2D eigenvalue weighted by atomic mass is 16.5. The first-order valence-corrected chi connectivity index (χ1v) is 15.3. The predicted molar refractivity (Wildman–Crippen MR) is 152 cm³/mol. The van der Waals surface area contributed by atoms with Crippen LogP contribution in [0.2, 0.25) is 0 Å². The zero-order valence-electron chi connectivity index (χ0n) is 24.4. The lowest BCUT2D eigenvalue weighted by Crippen LogP contribution is -2.37. The summed E-state index contributed by atoms with van der Waals surface area (Å²) < 4.78 is 10.5. The molecule has 0 aliphatic carbocycles. The van der Waals surface area contributed by atoms with Gasteiger partial charge in [-0.05, 0) is 44.9 Å². The third-order valence-electron chi connectivity index (χ3n) is 6.44. The fourth-order valence-electron chi connectivity index (χ4n) is 4.08. The Morgan fingerprint density at radius 3 is 1.57 bits per heavy atom. The molecule has 0 unspecified atom stereocenters. The minimum Gasteiger partial charge on any atom is -0.464 e. The van der Waals surface area contributed by atoms with Gasteiger partial charge in [-0.15, -0.1) is 0 Å². The number of ether oxygens (including phenoxy) is 2. The molecule has 0 aliphatic rings. The average molecular weight is 524 g/mol. The smallest absolute Gasteiger partial charge is 0.305 e. The molecule has 6 nitrogen and oxygen atoms in total. The molecule has 0 radical (unpaired) electrons. The summed E-state index contributed by atoms with van der Waals surface area (Å²) in [4.78, 5) is 37.8. The number of allylic oxidation sites excluding steroid dienone is 2. The number of esters is 2. The molecule has 0 aliphatic heterocycles. The second kappa shape index (κ2) is 27.2. The molecule has 0 spiro atoms. The first-order valence-electron chi connectivity index (χ1n) is 15.3. The summed E-state index contributed by atoms with van der Waals surface area (Å²) in [5.41, 5.74) is 0. The van der Waals surface area contributed by atoms with E-state index in [0.717, 1.165) is 44.9 Å². The Bertz CT molecular complexity index is 590. The predicted octanol–water partition coefficient (Wildman–Crippen LogP) is 7.93. The Hall–Kier alpha value is -1.85. The second-order valence-electron chi connectivity index (χ2n) is 10.0. The summed E-state index contributed by atoms with van der Waals surface area (Å²) in [7, 11) is 0. The summed E-state index contributed by atoms with van der Waals surface area (Å²) >= 11 is 0. The lowest BCUT2D eigenvalue weighted by molar-refractivity contribution is -0.147. The highest BCUT2D eigenvalue weighted by Crippen LogP contribution is 2.11. The van der Waals surface area contributed by atoms with E-state index in [0.29, 0.717) is 32.4 Å². The van der Waals surface area contributed by atoms with Crippen LogP contribution in [0.4, 0.5) is 0 Å². The number of nitrogens with zero attached hydrogens (tertiary/aromatic N) is 1. The second-order valence-corrected chi connectivity index (χ2v) is 10.0. The zero-order valence-corrected chi connectivity index (χ0v) is 24.4. The van der Waals surface area contributed by atoms with Gasteiger partial charge in [0.25, 0.3) is 0 Å². The minimum atomic E-state index is -0.238. The fraction of sp³-hybridized carbons (Fsp3) is 0.839. The van der Waals surface area contributed by atoms with Crippen molar-refractivity contribution in [3.63, 3.8) is 0 Å². The van der Waals surface area contributed by atoms with Crippen molar-refractivity contribution in [2.75, 3.05) is 26.3 Å². The summed E-state index contributed by atoms with van der Waals surface area (Å²) in [5.74, 6) is -0.423. The van der Waals surface area contributed by atoms with Crippen LogP contribution < -0.4 is 0 Å². The number of carbonyl (C=O) groups is 3. The van der Waals surface area contributed by atoms with E-state index in [1.165, 1.54) is 57.8 Å². The van der Waals surface area contributed by atoms with E-state index in [1.807, 2.05) is 13.8 Å². The average Bonchev–Trinajstić information content (AvgIpc) is 2.88. The standard InChI is InChI=1S/C31H57NO5/c1-4-7-9-10-11-12-13-14-15-16-17-18-19-20-21-23-29(33)32(25-27-36-30(34)22-6-3)26-28-37-31(35)24-8-5-2/h14-15H,4-13,16-28H2,1-3H3/b15-14-. The van der Waals surface area contributed by atoms with Crippen molar-refractivity contribution in [2.45, 2.75) is 143 Å². The lowest BCUT2D eigenvalue weighted by Gasteiger charge is -2.22. The molecule has 0 aromatic rings. The molecular weight excluding hydrogens is 466 g/mol. The van der Waals surface area contributed by atoms with E-state index in [1.54, 1.807) is 4.90 Å². The van der Waals surface area contributed by atoms with Gasteiger partial charge in [0, 0.05) is 19.3 Å². The Labute approximate surface area is 227 Å². The Kier molecular flexibility index (Phi) is 25.8. The van der Waals surface area contributed by atoms with Gasteiger partial charge in [0.1, 0.15) is 13.2 Å². The number of carbonyl (C=O) groups excluding carboxylic acids is 3. The van der Waals surface area contributed by atoms with Gasteiger partial charge < -0.3 is 14.4 Å². The van der Waals surface area contributed by atoms with Crippen LogP contribution >= 0.6 is 0 Å². The van der Waals surface area contributed by atoms with Crippen molar-refractivity contribution in [2.24, 2.45) is 0 Å². The van der Waals surface area contributed by atoms with Crippen LogP contribution in [0.25, 0.3) is 0 Å². The molecule has 0 aromatic heterocycles. The van der Waals surface area contributed by atoms with Gasteiger partial charge >= 0.3 is 11.9 Å². The monoisotopic (exact) mass is 523 g/mol. The SMILES string of the molecule is CCCCCCCC/C=C\CCCCCCCC(=O)N(CCOC(=O)CCC)CCOC(=O)CCCC. The third kappa shape index (κ3) is 24.3. The van der Waals surface area contributed by atoms with Crippen LogP contribution in [0.15, 0.2) is 12.2 Å². The summed E-state index contributed by atoms with van der Waals surface area (Å²) in [5, 5.41) is 0. The van der Waals surface area contributed by atoms with Crippen molar-refractivity contribution in [3.8, 4) is 0 Å². The number of unbranched alkanes of at least 4 members (excludes halogenated alkanes) is 12. The topological polar surface area (TPSA) is 72.9 Å². The Morgan fingerprint density at radius 1 is 0.541 bits per heavy atom. The zero-order chi connectivity index (χ0) is 27.4. The molecular formula is C31H57NO5. The molecule has 0 saturated heterocycles. The number of hydrogen-bond donors (Lipinski definition) is 0. The van der Waals surface area contributed by atoms with Gasteiger partial charge in [0.15, 0.2) is 0 Å². The molecule has 0 saturated carbocycles. The molecule has 6 heteroatoms. The number of rotatable bonds is 26. The molecule has 0 aromatic carbocycles. The molecule has 1 amide bonds. The van der Waals surface area contributed by atoms with Gasteiger partial charge in [0.05, 0.1) is 13.1 Å². The first kappa shape index (κ1) is 35.2. The highest BCUT2D eigenvalue weighted by Gasteiger charge is 2.15. The maximum absolute atomic E-state index is 12.8. The largest absolute Gasteiger partial charge is 0.464 e. The van der Waals surface area contributed by atoms with Crippen molar-refractivity contribution in [1.29, 1.82) is 0 Å². The van der Waals surface area contributed by atoms with Crippen LogP contribution in [-0.4, -0.2) is 49.0 Å². The van der Waals surface area contributed by atoms with E-state index in [2.05, 4.69) is 19.1 Å². The van der Waals surface area contributed by atoms with Crippen LogP contribution in [0.1, 0.15) is 143 Å². The van der Waals surface area contributed by atoms with Gasteiger partial charge in [-0.25, -0.2) is 0 Å². The summed E-state index contributed by atoms with van der Waals surface area (Å²) in [6.07, 6.45) is 24.3. The van der Waals surface area contributed by atoms with Gasteiger partial charge in [-0.2, -0.15) is 0 Å². The van der Waals surface area contributed by atoms with Gasteiger partial charge in [0.2, 0.25) is 5.91 Å². The molecule has 0 heterocycles. The van der Waals surface area contributed by atoms with E-state index in [4.69, 9.17) is 9.47 Å². The van der Waals surface area contributed by atoms with Crippen LogP contribution in [0.5, 0.6) is 0 Å². The summed E-state index contributed by atoms with van der Waals surface area (Å²) in [6.45, 7) is 7.26.